The number of fused-ring (bicyclic) bond motifs is 1. The van der Waals surface area contributed by atoms with Crippen LogP contribution in [0.4, 0.5) is 0 Å². The van der Waals surface area contributed by atoms with E-state index < -0.39 is 0 Å². The van der Waals surface area contributed by atoms with Gasteiger partial charge in [0.15, 0.2) is 5.82 Å². The summed E-state index contributed by atoms with van der Waals surface area (Å²) in [5.74, 6) is 4.34. The number of hydrogen-bond acceptors (Lipinski definition) is 5. The molecule has 0 amide bonds. The zero-order valence-corrected chi connectivity index (χ0v) is 13.3. The van der Waals surface area contributed by atoms with Gasteiger partial charge in [-0.15, -0.1) is 0 Å². The Balaban J connectivity index is 1.72. The predicted octanol–water partition coefficient (Wildman–Crippen LogP) is 3.19. The Kier molecular flexibility index (Phi) is 4.60. The van der Waals surface area contributed by atoms with Crippen molar-refractivity contribution in [3.8, 4) is 0 Å². The van der Waals surface area contributed by atoms with Gasteiger partial charge in [0.05, 0.1) is 11.7 Å². The molecule has 1 aliphatic heterocycles. The van der Waals surface area contributed by atoms with Crippen molar-refractivity contribution >= 4 is 11.8 Å². The monoisotopic (exact) mass is 303 g/mol. The summed E-state index contributed by atoms with van der Waals surface area (Å²) in [6.07, 6.45) is 0. The molecule has 0 fully saturated rings. The molecule has 1 aromatic heterocycles. The molecule has 2 aromatic rings. The van der Waals surface area contributed by atoms with Crippen molar-refractivity contribution in [3.63, 3.8) is 0 Å². The number of hydrogen-bond donors (Lipinski definition) is 1. The van der Waals surface area contributed by atoms with Gasteiger partial charge >= 0.3 is 0 Å². The first kappa shape index (κ1) is 14.6. The molecular formula is C16H21N3OS. The molecule has 0 aliphatic carbocycles. The van der Waals surface area contributed by atoms with Gasteiger partial charge in [-0.05, 0) is 22.8 Å². The minimum absolute atomic E-state index is 0.172. The molecule has 0 spiro atoms. The van der Waals surface area contributed by atoms with E-state index in [0.29, 0.717) is 5.92 Å². The smallest absolute Gasteiger partial charge is 0.235 e. The Morgan fingerprint density at radius 1 is 1.38 bits per heavy atom. The van der Waals surface area contributed by atoms with E-state index in [1.807, 2.05) is 11.8 Å². The second-order valence-electron chi connectivity index (χ2n) is 5.84. The summed E-state index contributed by atoms with van der Waals surface area (Å²) in [5, 5.41) is 7.55. The number of nitrogens with zero attached hydrogens (tertiary/aromatic N) is 2. The largest absolute Gasteiger partial charge is 0.339 e. The lowest BCUT2D eigenvalue weighted by Gasteiger charge is -2.23. The van der Waals surface area contributed by atoms with Crippen LogP contribution >= 0.6 is 11.8 Å². The summed E-state index contributed by atoms with van der Waals surface area (Å²) < 4.78 is 5.50. The van der Waals surface area contributed by atoms with E-state index in [2.05, 4.69) is 53.6 Å². The number of thioether (sulfide) groups is 1. The zero-order chi connectivity index (χ0) is 14.7. The van der Waals surface area contributed by atoms with E-state index in [-0.39, 0.29) is 5.92 Å². The first-order valence-corrected chi connectivity index (χ1v) is 8.58. The fraction of sp³-hybridized carbons (Fsp3) is 0.500. The summed E-state index contributed by atoms with van der Waals surface area (Å²) in [6.45, 7) is 6.22. The van der Waals surface area contributed by atoms with Crippen LogP contribution < -0.4 is 5.32 Å². The Bertz CT molecular complexity index is 597. The average molecular weight is 303 g/mol. The van der Waals surface area contributed by atoms with Gasteiger partial charge < -0.3 is 9.84 Å². The third-order valence-electron chi connectivity index (χ3n) is 3.56. The van der Waals surface area contributed by atoms with Gasteiger partial charge in [0.2, 0.25) is 5.89 Å². The normalized spacial score (nSPS) is 18.0. The maximum Gasteiger partial charge on any atom is 0.235 e. The summed E-state index contributed by atoms with van der Waals surface area (Å²) in [7, 11) is 0. The minimum atomic E-state index is 0.172. The van der Waals surface area contributed by atoms with E-state index in [9.17, 15) is 0 Å². The first-order chi connectivity index (χ1) is 10.2. The predicted molar refractivity (Wildman–Crippen MR) is 85.3 cm³/mol. The molecule has 5 heteroatoms. The van der Waals surface area contributed by atoms with Crippen LogP contribution in [-0.2, 0) is 12.3 Å². The molecule has 3 rings (SSSR count). The van der Waals surface area contributed by atoms with E-state index in [4.69, 9.17) is 4.52 Å². The highest BCUT2D eigenvalue weighted by atomic mass is 32.2. The number of benzene rings is 1. The minimum Gasteiger partial charge on any atom is -0.339 e. The highest BCUT2D eigenvalue weighted by Crippen LogP contribution is 2.29. The van der Waals surface area contributed by atoms with Crippen LogP contribution in [-0.4, -0.2) is 22.4 Å². The molecular weight excluding hydrogens is 282 g/mol. The standard InChI is InChI=1S/C16H21N3OS/c1-11(2)9-21-10-15-18-16(20-19-15)14-8-17-7-12-5-3-4-6-13(12)14/h3-6,11,14,17H,7-10H2,1-2H3. The molecule has 0 radical (unpaired) electrons. The third-order valence-corrected chi connectivity index (χ3v) is 4.92. The van der Waals surface area contributed by atoms with E-state index in [1.54, 1.807) is 0 Å². The van der Waals surface area contributed by atoms with Crippen LogP contribution in [0.25, 0.3) is 0 Å². The second kappa shape index (κ2) is 6.62. The zero-order valence-electron chi connectivity index (χ0n) is 12.5. The Hall–Kier alpha value is -1.33. The average Bonchev–Trinajstić information content (AvgIpc) is 2.95. The molecule has 112 valence electrons. The summed E-state index contributed by atoms with van der Waals surface area (Å²) in [4.78, 5) is 4.59. The van der Waals surface area contributed by atoms with E-state index in [1.165, 1.54) is 11.1 Å². The lowest BCUT2D eigenvalue weighted by molar-refractivity contribution is 0.353. The lowest BCUT2D eigenvalue weighted by atomic mass is 9.91. The van der Waals surface area contributed by atoms with Crippen molar-refractivity contribution in [1.29, 1.82) is 0 Å². The molecule has 0 saturated carbocycles. The summed E-state index contributed by atoms with van der Waals surface area (Å²) in [6, 6.07) is 8.47. The molecule has 0 saturated heterocycles. The van der Waals surface area contributed by atoms with Crippen LogP contribution in [0.5, 0.6) is 0 Å². The fourth-order valence-electron chi connectivity index (χ4n) is 2.57. The van der Waals surface area contributed by atoms with Crippen molar-refractivity contribution in [1.82, 2.24) is 15.5 Å². The second-order valence-corrected chi connectivity index (χ2v) is 6.87. The van der Waals surface area contributed by atoms with Crippen molar-refractivity contribution in [2.75, 3.05) is 12.3 Å². The molecule has 1 unspecified atom stereocenters. The van der Waals surface area contributed by atoms with Gasteiger partial charge in [-0.1, -0.05) is 43.3 Å². The van der Waals surface area contributed by atoms with Gasteiger partial charge in [0.1, 0.15) is 0 Å². The number of aromatic nitrogens is 2. The van der Waals surface area contributed by atoms with Gasteiger partial charge in [-0.25, -0.2) is 0 Å². The molecule has 1 atom stereocenters. The van der Waals surface area contributed by atoms with E-state index >= 15 is 0 Å². The summed E-state index contributed by atoms with van der Waals surface area (Å²) >= 11 is 1.86. The molecule has 21 heavy (non-hydrogen) atoms. The maximum atomic E-state index is 5.50. The molecule has 1 aliphatic rings. The van der Waals surface area contributed by atoms with Crippen molar-refractivity contribution in [3.05, 3.63) is 47.1 Å². The number of nitrogens with one attached hydrogen (secondary N) is 1. The van der Waals surface area contributed by atoms with Gasteiger partial charge in [-0.2, -0.15) is 16.7 Å². The molecule has 1 N–H and O–H groups in total. The number of rotatable bonds is 5. The molecule has 2 heterocycles. The summed E-state index contributed by atoms with van der Waals surface area (Å²) in [5.41, 5.74) is 2.63. The maximum absolute atomic E-state index is 5.50. The highest BCUT2D eigenvalue weighted by Gasteiger charge is 2.26. The molecule has 1 aromatic carbocycles. The van der Waals surface area contributed by atoms with Crippen LogP contribution in [0.1, 0.15) is 42.6 Å². The van der Waals surface area contributed by atoms with Crippen LogP contribution in [0.2, 0.25) is 0 Å². The van der Waals surface area contributed by atoms with Crippen molar-refractivity contribution in [2.24, 2.45) is 5.92 Å². The fourth-order valence-corrected chi connectivity index (χ4v) is 3.46. The van der Waals surface area contributed by atoms with Gasteiger partial charge in [-0.3, -0.25) is 0 Å². The first-order valence-electron chi connectivity index (χ1n) is 7.42. The van der Waals surface area contributed by atoms with E-state index in [0.717, 1.165) is 36.3 Å². The quantitative estimate of drug-likeness (QED) is 0.919. The van der Waals surface area contributed by atoms with Gasteiger partial charge in [0.25, 0.3) is 0 Å². The Labute approximate surface area is 129 Å². The molecule has 0 bridgehead atoms. The van der Waals surface area contributed by atoms with Crippen LogP contribution in [0.3, 0.4) is 0 Å². The van der Waals surface area contributed by atoms with Crippen molar-refractivity contribution < 1.29 is 4.52 Å². The van der Waals surface area contributed by atoms with Gasteiger partial charge in [0, 0.05) is 13.1 Å². The lowest BCUT2D eigenvalue weighted by Crippen LogP contribution is -2.28. The Morgan fingerprint density at radius 2 is 2.24 bits per heavy atom. The topological polar surface area (TPSA) is 51.0 Å². The third kappa shape index (κ3) is 3.47. The van der Waals surface area contributed by atoms with Crippen LogP contribution in [0, 0.1) is 5.92 Å². The highest BCUT2D eigenvalue weighted by molar-refractivity contribution is 7.98. The SMILES string of the molecule is CC(C)CSCc1noc(C2CNCc3ccccc32)n1. The van der Waals surface area contributed by atoms with Crippen LogP contribution in [0.15, 0.2) is 28.8 Å². The van der Waals surface area contributed by atoms with Crippen molar-refractivity contribution in [2.45, 2.75) is 32.1 Å². The Morgan fingerprint density at radius 3 is 3.10 bits per heavy atom. The molecule has 4 nitrogen and oxygen atoms in total.